The van der Waals surface area contributed by atoms with E-state index in [1.165, 1.54) is 43.0 Å². The van der Waals surface area contributed by atoms with E-state index in [4.69, 9.17) is 0 Å². The summed E-state index contributed by atoms with van der Waals surface area (Å²) in [5.41, 5.74) is 4.57. The molecular formula is C18H27N3OS. The second kappa shape index (κ2) is 8.48. The van der Waals surface area contributed by atoms with Crippen LogP contribution in [-0.2, 0) is 4.79 Å². The number of nitrogens with zero attached hydrogens (tertiary/aromatic N) is 2. The van der Waals surface area contributed by atoms with Crippen LogP contribution in [0.3, 0.4) is 0 Å². The van der Waals surface area contributed by atoms with Gasteiger partial charge in [0.15, 0.2) is 5.16 Å². The fraction of sp³-hybridized carbons (Fsp3) is 0.611. The Bertz CT molecular complexity index is 575. The predicted octanol–water partition coefficient (Wildman–Crippen LogP) is 3.89. The Hall–Kier alpha value is -1.36. The molecule has 1 amide bonds. The number of hydrogen-bond donors (Lipinski definition) is 1. The Morgan fingerprint density at radius 3 is 2.57 bits per heavy atom. The van der Waals surface area contributed by atoms with Gasteiger partial charge in [0.2, 0.25) is 5.91 Å². The number of hydrogen-bond acceptors (Lipinski definition) is 4. The van der Waals surface area contributed by atoms with E-state index < -0.39 is 0 Å². The number of allylic oxidation sites excluding steroid dienone is 1. The van der Waals surface area contributed by atoms with Crippen molar-refractivity contribution in [2.24, 2.45) is 0 Å². The Labute approximate surface area is 143 Å². The molecular weight excluding hydrogens is 306 g/mol. The van der Waals surface area contributed by atoms with E-state index in [-0.39, 0.29) is 11.2 Å². The normalized spacial score (nSPS) is 15.9. The number of thioether (sulfide) groups is 1. The van der Waals surface area contributed by atoms with E-state index in [1.54, 1.807) is 0 Å². The zero-order valence-corrected chi connectivity index (χ0v) is 15.4. The first-order chi connectivity index (χ1) is 11.0. The summed E-state index contributed by atoms with van der Waals surface area (Å²) < 4.78 is 0. The quantitative estimate of drug-likeness (QED) is 0.487. The Balaban J connectivity index is 1.81. The predicted molar refractivity (Wildman–Crippen MR) is 95.7 cm³/mol. The lowest BCUT2D eigenvalue weighted by Crippen LogP contribution is -2.32. The molecule has 0 spiro atoms. The van der Waals surface area contributed by atoms with Crippen LogP contribution in [0.15, 0.2) is 16.8 Å². The molecule has 0 radical (unpaired) electrons. The van der Waals surface area contributed by atoms with Gasteiger partial charge in [0.1, 0.15) is 0 Å². The summed E-state index contributed by atoms with van der Waals surface area (Å²) in [5, 5.41) is 3.53. The van der Waals surface area contributed by atoms with Gasteiger partial charge < -0.3 is 5.32 Å². The maximum absolute atomic E-state index is 12.2. The van der Waals surface area contributed by atoms with Crippen molar-refractivity contribution in [2.45, 2.75) is 70.2 Å². The Morgan fingerprint density at radius 1 is 1.26 bits per heavy atom. The van der Waals surface area contributed by atoms with Crippen LogP contribution in [-0.4, -0.2) is 27.7 Å². The Kier molecular flexibility index (Phi) is 6.63. The molecule has 1 heterocycles. The van der Waals surface area contributed by atoms with Gasteiger partial charge in [-0.05, 0) is 65.4 Å². The molecule has 1 aromatic heterocycles. The minimum Gasteiger partial charge on any atom is -0.355 e. The van der Waals surface area contributed by atoms with Gasteiger partial charge in [-0.25, -0.2) is 9.97 Å². The molecule has 0 fully saturated rings. The Morgan fingerprint density at radius 2 is 1.96 bits per heavy atom. The zero-order valence-electron chi connectivity index (χ0n) is 14.6. The minimum absolute atomic E-state index is 0.0610. The van der Waals surface area contributed by atoms with Crippen molar-refractivity contribution in [3.05, 3.63) is 28.6 Å². The molecule has 0 saturated heterocycles. The molecule has 1 aliphatic rings. The van der Waals surface area contributed by atoms with Crippen LogP contribution in [0.5, 0.6) is 0 Å². The monoisotopic (exact) mass is 333 g/mol. The lowest BCUT2D eigenvalue weighted by atomic mass is 9.97. The number of aryl methyl sites for hydroxylation is 2. The van der Waals surface area contributed by atoms with E-state index in [0.29, 0.717) is 5.16 Å². The van der Waals surface area contributed by atoms with Gasteiger partial charge >= 0.3 is 0 Å². The molecule has 0 unspecified atom stereocenters. The molecule has 0 aromatic carbocycles. The molecule has 5 heteroatoms. The lowest BCUT2D eigenvalue weighted by molar-refractivity contribution is -0.120. The third kappa shape index (κ3) is 5.34. The standard InChI is InChI=1S/C18H27N3OS/c1-12-13(2)20-18(21-14(12)3)23-15(4)17(22)19-11-10-16-8-6-5-7-9-16/h8,15H,5-7,9-11H2,1-4H3,(H,19,22)/t15-/m0/s1. The van der Waals surface area contributed by atoms with E-state index in [2.05, 4.69) is 21.4 Å². The molecule has 2 rings (SSSR count). The van der Waals surface area contributed by atoms with Crippen LogP contribution in [0.4, 0.5) is 0 Å². The third-order valence-corrected chi connectivity index (χ3v) is 5.35. The molecule has 1 aliphatic carbocycles. The fourth-order valence-electron chi connectivity index (χ4n) is 2.63. The van der Waals surface area contributed by atoms with Crippen molar-refractivity contribution in [1.29, 1.82) is 0 Å². The number of rotatable bonds is 6. The second-order valence-electron chi connectivity index (χ2n) is 6.21. The summed E-state index contributed by atoms with van der Waals surface area (Å²) in [4.78, 5) is 21.2. The summed E-state index contributed by atoms with van der Waals surface area (Å²) in [5.74, 6) is 0.0610. The van der Waals surface area contributed by atoms with E-state index in [9.17, 15) is 4.79 Å². The first-order valence-corrected chi connectivity index (χ1v) is 9.29. The van der Waals surface area contributed by atoms with Crippen LogP contribution >= 0.6 is 11.8 Å². The lowest BCUT2D eigenvalue weighted by Gasteiger charge is -2.15. The number of carbonyl (C=O) groups is 1. The van der Waals surface area contributed by atoms with Crippen LogP contribution in [0.25, 0.3) is 0 Å². The summed E-state index contributed by atoms with van der Waals surface area (Å²) in [6.45, 7) is 8.62. The topological polar surface area (TPSA) is 54.9 Å². The summed E-state index contributed by atoms with van der Waals surface area (Å²) in [6, 6.07) is 0. The van der Waals surface area contributed by atoms with Crippen LogP contribution < -0.4 is 5.32 Å². The van der Waals surface area contributed by atoms with Crippen LogP contribution in [0.1, 0.15) is 56.0 Å². The molecule has 0 aliphatic heterocycles. The zero-order chi connectivity index (χ0) is 16.8. The molecule has 23 heavy (non-hydrogen) atoms. The van der Waals surface area contributed by atoms with E-state index in [0.717, 1.165) is 29.9 Å². The molecule has 1 N–H and O–H groups in total. The molecule has 0 bridgehead atoms. The third-order valence-electron chi connectivity index (χ3n) is 4.39. The maximum atomic E-state index is 12.2. The SMILES string of the molecule is Cc1nc(S[C@@H](C)C(=O)NCCC2=CCCCC2)nc(C)c1C. The van der Waals surface area contributed by atoms with Crippen LogP contribution in [0.2, 0.25) is 0 Å². The average molecular weight is 334 g/mol. The highest BCUT2D eigenvalue weighted by Gasteiger charge is 2.17. The first-order valence-electron chi connectivity index (χ1n) is 8.41. The minimum atomic E-state index is -0.183. The highest BCUT2D eigenvalue weighted by molar-refractivity contribution is 8.00. The number of aromatic nitrogens is 2. The van der Waals surface area contributed by atoms with Crippen molar-refractivity contribution in [3.63, 3.8) is 0 Å². The largest absolute Gasteiger partial charge is 0.355 e. The molecule has 126 valence electrons. The van der Waals surface area contributed by atoms with Gasteiger partial charge in [-0.1, -0.05) is 23.4 Å². The van der Waals surface area contributed by atoms with E-state index in [1.807, 2.05) is 27.7 Å². The highest BCUT2D eigenvalue weighted by atomic mass is 32.2. The van der Waals surface area contributed by atoms with Crippen LogP contribution in [0, 0.1) is 20.8 Å². The first kappa shape index (κ1) is 18.0. The molecule has 4 nitrogen and oxygen atoms in total. The van der Waals surface area contributed by atoms with Crippen molar-refractivity contribution in [1.82, 2.24) is 15.3 Å². The summed E-state index contributed by atoms with van der Waals surface area (Å²) in [7, 11) is 0. The van der Waals surface area contributed by atoms with Gasteiger partial charge in [0.05, 0.1) is 5.25 Å². The van der Waals surface area contributed by atoms with Gasteiger partial charge in [-0.3, -0.25) is 4.79 Å². The van der Waals surface area contributed by atoms with Gasteiger partial charge in [0.25, 0.3) is 0 Å². The second-order valence-corrected chi connectivity index (χ2v) is 7.52. The highest BCUT2D eigenvalue weighted by Crippen LogP contribution is 2.22. The van der Waals surface area contributed by atoms with Crippen molar-refractivity contribution >= 4 is 17.7 Å². The molecule has 1 atom stereocenters. The fourth-order valence-corrected chi connectivity index (χ4v) is 3.51. The van der Waals surface area contributed by atoms with Crippen molar-refractivity contribution in [2.75, 3.05) is 6.54 Å². The van der Waals surface area contributed by atoms with E-state index >= 15 is 0 Å². The number of carbonyl (C=O) groups excluding carboxylic acids is 1. The molecule has 0 saturated carbocycles. The number of amides is 1. The average Bonchev–Trinajstić information content (AvgIpc) is 2.53. The number of nitrogens with one attached hydrogen (secondary N) is 1. The summed E-state index contributed by atoms with van der Waals surface area (Å²) in [6.07, 6.45) is 8.28. The van der Waals surface area contributed by atoms with Crippen molar-refractivity contribution < 1.29 is 4.79 Å². The smallest absolute Gasteiger partial charge is 0.233 e. The summed E-state index contributed by atoms with van der Waals surface area (Å²) >= 11 is 1.43. The van der Waals surface area contributed by atoms with Crippen molar-refractivity contribution in [3.8, 4) is 0 Å². The van der Waals surface area contributed by atoms with Gasteiger partial charge in [-0.2, -0.15) is 0 Å². The van der Waals surface area contributed by atoms with Gasteiger partial charge in [0, 0.05) is 17.9 Å². The molecule has 1 aromatic rings. The van der Waals surface area contributed by atoms with Gasteiger partial charge in [-0.15, -0.1) is 0 Å². The maximum Gasteiger partial charge on any atom is 0.233 e.